The van der Waals surface area contributed by atoms with Crippen LogP contribution in [0.15, 0.2) is 47.4 Å². The molecule has 0 heterocycles. The fraction of sp³-hybridized carbons (Fsp3) is 0.391. The van der Waals surface area contributed by atoms with Crippen LogP contribution in [0.2, 0.25) is 0 Å². The first-order valence-electron chi connectivity index (χ1n) is 10.6. The van der Waals surface area contributed by atoms with Gasteiger partial charge in [-0.05, 0) is 62.1 Å². The van der Waals surface area contributed by atoms with Crippen molar-refractivity contribution in [2.24, 2.45) is 5.92 Å². The summed E-state index contributed by atoms with van der Waals surface area (Å²) < 4.78 is 46.2. The molecule has 10 heteroatoms. The van der Waals surface area contributed by atoms with Gasteiger partial charge < -0.3 is 15.4 Å². The second-order valence-corrected chi connectivity index (χ2v) is 9.68. The van der Waals surface area contributed by atoms with Gasteiger partial charge in [-0.25, -0.2) is 17.6 Å². The van der Waals surface area contributed by atoms with Gasteiger partial charge >= 0.3 is 6.09 Å². The molecule has 0 bridgehead atoms. The number of carbonyl (C=O) groups excluding carboxylic acids is 2. The van der Waals surface area contributed by atoms with Gasteiger partial charge in [-0.15, -0.1) is 0 Å². The van der Waals surface area contributed by atoms with Crippen molar-refractivity contribution in [1.82, 2.24) is 10.6 Å². The molecule has 0 radical (unpaired) electrons. The molecule has 3 N–H and O–H groups in total. The van der Waals surface area contributed by atoms with Crippen LogP contribution >= 0.6 is 0 Å². The van der Waals surface area contributed by atoms with Gasteiger partial charge in [0.15, 0.2) is 0 Å². The average molecular weight is 480 g/mol. The zero-order valence-corrected chi connectivity index (χ0v) is 20.0. The van der Waals surface area contributed by atoms with Crippen LogP contribution in [0.25, 0.3) is 0 Å². The lowest BCUT2D eigenvalue weighted by Crippen LogP contribution is -2.44. The molecule has 0 aliphatic rings. The van der Waals surface area contributed by atoms with Crippen molar-refractivity contribution in [2.75, 3.05) is 17.9 Å². The van der Waals surface area contributed by atoms with E-state index < -0.39 is 27.8 Å². The summed E-state index contributed by atoms with van der Waals surface area (Å²) in [6, 6.07) is 9.25. The summed E-state index contributed by atoms with van der Waals surface area (Å²) in [7, 11) is -4.04. The number of alkyl carbamates (subject to hydrolysis) is 1. The number of benzene rings is 2. The highest BCUT2D eigenvalue weighted by atomic mass is 32.2. The first-order chi connectivity index (χ1) is 15.5. The van der Waals surface area contributed by atoms with E-state index in [4.69, 9.17) is 4.74 Å². The minimum atomic E-state index is -4.04. The summed E-state index contributed by atoms with van der Waals surface area (Å²) >= 11 is 0. The van der Waals surface area contributed by atoms with Gasteiger partial charge in [0.1, 0.15) is 5.82 Å². The summed E-state index contributed by atoms with van der Waals surface area (Å²) in [5.74, 6) is -0.784. The van der Waals surface area contributed by atoms with Gasteiger partial charge in [0.05, 0.1) is 11.5 Å². The van der Waals surface area contributed by atoms with Gasteiger partial charge in [-0.2, -0.15) is 0 Å². The molecule has 0 spiro atoms. The van der Waals surface area contributed by atoms with Crippen LogP contribution in [0.5, 0.6) is 0 Å². The van der Waals surface area contributed by atoms with Crippen molar-refractivity contribution in [3.05, 3.63) is 59.4 Å². The smallest absolute Gasteiger partial charge is 0.407 e. The normalized spacial score (nSPS) is 12.2. The zero-order chi connectivity index (χ0) is 24.6. The number of ether oxygens (including phenoxy) is 1. The fourth-order valence-electron chi connectivity index (χ4n) is 3.10. The molecular weight excluding hydrogens is 449 g/mol. The number of sulfonamides is 1. The van der Waals surface area contributed by atoms with Crippen LogP contribution in [0.4, 0.5) is 14.9 Å². The Balaban J connectivity index is 2.08. The molecule has 1 atom stereocenters. The first-order valence-corrected chi connectivity index (χ1v) is 12.1. The molecule has 0 aliphatic carbocycles. The van der Waals surface area contributed by atoms with Crippen LogP contribution < -0.4 is 15.4 Å². The maximum Gasteiger partial charge on any atom is 0.407 e. The third-order valence-electron chi connectivity index (χ3n) is 4.69. The molecule has 8 nitrogen and oxygen atoms in total. The summed E-state index contributed by atoms with van der Waals surface area (Å²) in [6.45, 7) is 7.65. The Labute approximate surface area is 194 Å². The number of rotatable bonds is 10. The molecule has 0 aliphatic heterocycles. The number of nitrogens with one attached hydrogen (secondary N) is 3. The quantitative estimate of drug-likeness (QED) is 0.479. The Morgan fingerprint density at radius 2 is 1.85 bits per heavy atom. The van der Waals surface area contributed by atoms with E-state index in [0.29, 0.717) is 12.0 Å². The molecule has 0 fully saturated rings. The highest BCUT2D eigenvalue weighted by molar-refractivity contribution is 7.92. The van der Waals surface area contributed by atoms with E-state index in [1.165, 1.54) is 43.3 Å². The molecule has 2 aromatic carbocycles. The average Bonchev–Trinajstić information content (AvgIpc) is 2.73. The van der Waals surface area contributed by atoms with E-state index >= 15 is 0 Å². The van der Waals surface area contributed by atoms with Crippen LogP contribution in [-0.2, 0) is 14.8 Å². The zero-order valence-electron chi connectivity index (χ0n) is 19.1. The number of carbonyl (C=O) groups is 2. The Bertz CT molecular complexity index is 1090. The minimum Gasteiger partial charge on any atom is -0.450 e. The number of hydrogen-bond acceptors (Lipinski definition) is 5. The van der Waals surface area contributed by atoms with Crippen molar-refractivity contribution in [1.29, 1.82) is 0 Å². The maximum atomic E-state index is 13.8. The summed E-state index contributed by atoms with van der Waals surface area (Å²) in [5.41, 5.74) is 0.720. The Morgan fingerprint density at radius 3 is 2.48 bits per heavy atom. The number of anilines is 1. The van der Waals surface area contributed by atoms with E-state index in [9.17, 15) is 22.4 Å². The first kappa shape index (κ1) is 26.1. The molecule has 180 valence electrons. The largest absolute Gasteiger partial charge is 0.450 e. The van der Waals surface area contributed by atoms with Crippen LogP contribution in [0.1, 0.15) is 43.1 Å². The molecule has 0 aromatic heterocycles. The van der Waals surface area contributed by atoms with Crippen LogP contribution in [0, 0.1) is 18.7 Å². The SMILES string of the molecule is CCOC(=O)NC(CNC(=O)c1cccc(NS(=O)(=O)c2ccc(C)c(F)c2)c1)CC(C)C. The second-order valence-electron chi connectivity index (χ2n) is 8.00. The summed E-state index contributed by atoms with van der Waals surface area (Å²) in [6.07, 6.45) is 0.0767. The molecule has 0 saturated carbocycles. The lowest BCUT2D eigenvalue weighted by molar-refractivity contribution is 0.0944. The van der Waals surface area contributed by atoms with Crippen LogP contribution in [0.3, 0.4) is 0 Å². The van der Waals surface area contributed by atoms with Crippen molar-refractivity contribution in [3.63, 3.8) is 0 Å². The van der Waals surface area contributed by atoms with Crippen LogP contribution in [-0.4, -0.2) is 39.6 Å². The van der Waals surface area contributed by atoms with E-state index in [-0.39, 0.29) is 41.3 Å². The van der Waals surface area contributed by atoms with E-state index in [0.717, 1.165) is 6.07 Å². The molecular formula is C23H30FN3O5S. The molecule has 2 aromatic rings. The van der Waals surface area contributed by atoms with Gasteiger partial charge in [0.2, 0.25) is 0 Å². The van der Waals surface area contributed by atoms with Gasteiger partial charge in [-0.3, -0.25) is 9.52 Å². The summed E-state index contributed by atoms with van der Waals surface area (Å²) in [5, 5.41) is 5.48. The molecule has 2 rings (SSSR count). The standard InChI is InChI=1S/C23H30FN3O5S/c1-5-32-23(29)26-19(11-15(2)3)14-25-22(28)17-7-6-8-18(12-17)27-33(30,31)20-10-9-16(4)21(24)13-20/h6-10,12-13,15,19,27H,5,11,14H2,1-4H3,(H,25,28)(H,26,29). The molecule has 2 amide bonds. The number of hydrogen-bond donors (Lipinski definition) is 3. The monoisotopic (exact) mass is 479 g/mol. The lowest BCUT2D eigenvalue weighted by Gasteiger charge is -2.21. The lowest BCUT2D eigenvalue weighted by atomic mass is 10.0. The van der Waals surface area contributed by atoms with Crippen molar-refractivity contribution >= 4 is 27.7 Å². The fourth-order valence-corrected chi connectivity index (χ4v) is 4.16. The molecule has 33 heavy (non-hydrogen) atoms. The predicted molar refractivity (Wildman–Crippen MR) is 124 cm³/mol. The van der Waals surface area contributed by atoms with Gasteiger partial charge in [0.25, 0.3) is 15.9 Å². The number of aryl methyl sites for hydroxylation is 1. The van der Waals surface area contributed by atoms with E-state index in [1.807, 2.05) is 13.8 Å². The molecule has 0 saturated heterocycles. The third-order valence-corrected chi connectivity index (χ3v) is 6.07. The minimum absolute atomic E-state index is 0.159. The predicted octanol–water partition coefficient (Wildman–Crippen LogP) is 3.83. The van der Waals surface area contributed by atoms with Crippen molar-refractivity contribution in [2.45, 2.75) is 45.1 Å². The van der Waals surface area contributed by atoms with Crippen molar-refractivity contribution in [3.8, 4) is 0 Å². The van der Waals surface area contributed by atoms with Gasteiger partial charge in [0, 0.05) is 23.8 Å². The van der Waals surface area contributed by atoms with Gasteiger partial charge in [-0.1, -0.05) is 26.0 Å². The number of amides is 2. The Hall–Kier alpha value is -3.14. The summed E-state index contributed by atoms with van der Waals surface area (Å²) in [4.78, 5) is 24.2. The topological polar surface area (TPSA) is 114 Å². The Kier molecular flexibility index (Phi) is 9.22. The van der Waals surface area contributed by atoms with E-state index in [1.54, 1.807) is 6.92 Å². The van der Waals surface area contributed by atoms with Crippen molar-refractivity contribution < 1.29 is 27.1 Å². The number of halogens is 1. The third kappa shape index (κ3) is 8.05. The Morgan fingerprint density at radius 1 is 1.12 bits per heavy atom. The maximum absolute atomic E-state index is 13.8. The van der Waals surface area contributed by atoms with E-state index in [2.05, 4.69) is 15.4 Å². The highest BCUT2D eigenvalue weighted by Gasteiger charge is 2.18. The second kappa shape index (κ2) is 11.6. The highest BCUT2D eigenvalue weighted by Crippen LogP contribution is 2.19. The molecule has 1 unspecified atom stereocenters.